The van der Waals surface area contributed by atoms with E-state index < -0.39 is 31.7 Å². The molecule has 0 atom stereocenters. The number of nitrogens with zero attached hydrogens (tertiary/aromatic N) is 2. The van der Waals surface area contributed by atoms with Crippen molar-refractivity contribution in [1.82, 2.24) is 9.21 Å². The summed E-state index contributed by atoms with van der Waals surface area (Å²) < 4.78 is 65.8. The molecular formula is C20H20ClF3N2O4S. The average molecular weight is 477 g/mol. The van der Waals surface area contributed by atoms with Crippen LogP contribution in [-0.2, 0) is 27.4 Å². The van der Waals surface area contributed by atoms with E-state index in [1.54, 1.807) is 18.2 Å². The standard InChI is InChI=1S/C20H20ClF3N2O4S/c21-17-7-6-15(13-16(17)20(22,23)24)31(29,30)26-11-9-25(10-12-26)19(28)8-5-14-3-1-2-4-18(14)27/h1-4,6-7,13,27H,5,8-12H2. The molecule has 31 heavy (non-hydrogen) atoms. The number of carbonyl (C=O) groups excluding carboxylic acids is 1. The number of aromatic hydroxyl groups is 1. The van der Waals surface area contributed by atoms with Crippen molar-refractivity contribution in [2.24, 2.45) is 0 Å². The third kappa shape index (κ3) is 5.31. The Labute approximate surface area is 182 Å². The minimum Gasteiger partial charge on any atom is -0.508 e. The van der Waals surface area contributed by atoms with Crippen LogP contribution in [0.3, 0.4) is 0 Å². The Balaban J connectivity index is 1.63. The molecule has 0 aliphatic carbocycles. The number of hydrogen-bond donors (Lipinski definition) is 1. The van der Waals surface area contributed by atoms with Crippen LogP contribution in [0.25, 0.3) is 0 Å². The highest BCUT2D eigenvalue weighted by Gasteiger charge is 2.36. The van der Waals surface area contributed by atoms with Crippen LogP contribution in [0, 0.1) is 0 Å². The molecule has 2 aromatic carbocycles. The Morgan fingerprint density at radius 3 is 2.32 bits per heavy atom. The molecule has 168 valence electrons. The van der Waals surface area contributed by atoms with E-state index in [-0.39, 0.29) is 44.3 Å². The van der Waals surface area contributed by atoms with Crippen LogP contribution in [0.4, 0.5) is 13.2 Å². The van der Waals surface area contributed by atoms with E-state index in [2.05, 4.69) is 0 Å². The summed E-state index contributed by atoms with van der Waals surface area (Å²) in [6, 6.07) is 9.16. The maximum atomic E-state index is 13.1. The number of rotatable bonds is 5. The second-order valence-corrected chi connectivity index (χ2v) is 9.40. The van der Waals surface area contributed by atoms with Gasteiger partial charge in [0, 0.05) is 32.6 Å². The van der Waals surface area contributed by atoms with Gasteiger partial charge in [0.25, 0.3) is 0 Å². The number of benzene rings is 2. The van der Waals surface area contributed by atoms with Gasteiger partial charge in [-0.3, -0.25) is 4.79 Å². The number of aryl methyl sites for hydroxylation is 1. The second kappa shape index (κ2) is 9.05. The van der Waals surface area contributed by atoms with Crippen LogP contribution in [0.15, 0.2) is 47.4 Å². The molecule has 0 unspecified atom stereocenters. The fourth-order valence-electron chi connectivity index (χ4n) is 3.33. The maximum absolute atomic E-state index is 13.1. The van der Waals surface area contributed by atoms with Crippen LogP contribution < -0.4 is 0 Å². The SMILES string of the molecule is O=C(CCc1ccccc1O)N1CCN(S(=O)(=O)c2ccc(Cl)c(C(F)(F)F)c2)CC1. The normalized spacial score (nSPS) is 15.8. The summed E-state index contributed by atoms with van der Waals surface area (Å²) in [5, 5.41) is 9.20. The Morgan fingerprint density at radius 2 is 1.71 bits per heavy atom. The number of carbonyl (C=O) groups is 1. The molecule has 0 saturated carbocycles. The number of amides is 1. The Kier molecular flexibility index (Phi) is 6.82. The molecule has 2 aromatic rings. The first-order chi connectivity index (χ1) is 14.5. The highest BCUT2D eigenvalue weighted by atomic mass is 35.5. The van der Waals surface area contributed by atoms with Crippen molar-refractivity contribution in [2.45, 2.75) is 23.9 Å². The second-order valence-electron chi connectivity index (χ2n) is 7.05. The monoisotopic (exact) mass is 476 g/mol. The summed E-state index contributed by atoms with van der Waals surface area (Å²) in [6.07, 6.45) is -4.29. The lowest BCUT2D eigenvalue weighted by Gasteiger charge is -2.34. The van der Waals surface area contributed by atoms with Crippen LogP contribution in [0.2, 0.25) is 5.02 Å². The number of sulfonamides is 1. The largest absolute Gasteiger partial charge is 0.508 e. The van der Waals surface area contributed by atoms with E-state index >= 15 is 0 Å². The molecular weight excluding hydrogens is 457 g/mol. The van der Waals surface area contributed by atoms with Crippen LogP contribution in [0.1, 0.15) is 17.5 Å². The lowest BCUT2D eigenvalue weighted by molar-refractivity contribution is -0.137. The molecule has 1 heterocycles. The lowest BCUT2D eigenvalue weighted by atomic mass is 10.1. The number of alkyl halides is 3. The van der Waals surface area contributed by atoms with Gasteiger partial charge in [-0.2, -0.15) is 17.5 Å². The highest BCUT2D eigenvalue weighted by Crippen LogP contribution is 2.36. The molecule has 3 rings (SSSR count). The van der Waals surface area contributed by atoms with E-state index in [4.69, 9.17) is 11.6 Å². The summed E-state index contributed by atoms with van der Waals surface area (Å²) in [4.78, 5) is 13.5. The molecule has 0 radical (unpaired) electrons. The zero-order valence-electron chi connectivity index (χ0n) is 16.3. The molecule has 0 bridgehead atoms. The topological polar surface area (TPSA) is 77.9 Å². The fourth-order valence-corrected chi connectivity index (χ4v) is 5.00. The molecule has 0 spiro atoms. The fraction of sp³-hybridized carbons (Fsp3) is 0.350. The van der Waals surface area contributed by atoms with Crippen molar-refractivity contribution in [2.75, 3.05) is 26.2 Å². The first-order valence-corrected chi connectivity index (χ1v) is 11.2. The summed E-state index contributed by atoms with van der Waals surface area (Å²) >= 11 is 5.57. The van der Waals surface area contributed by atoms with Crippen molar-refractivity contribution >= 4 is 27.5 Å². The van der Waals surface area contributed by atoms with Gasteiger partial charge >= 0.3 is 6.18 Å². The zero-order chi connectivity index (χ0) is 22.8. The number of phenolic OH excluding ortho intramolecular Hbond substituents is 1. The predicted molar refractivity (Wildman–Crippen MR) is 108 cm³/mol. The molecule has 6 nitrogen and oxygen atoms in total. The van der Waals surface area contributed by atoms with E-state index in [0.29, 0.717) is 18.1 Å². The minimum atomic E-state index is -4.78. The van der Waals surface area contributed by atoms with Crippen molar-refractivity contribution < 1.29 is 31.5 Å². The zero-order valence-corrected chi connectivity index (χ0v) is 17.8. The van der Waals surface area contributed by atoms with Gasteiger partial charge in [0.05, 0.1) is 15.5 Å². The van der Waals surface area contributed by atoms with Crippen molar-refractivity contribution in [3.63, 3.8) is 0 Å². The van der Waals surface area contributed by atoms with Crippen molar-refractivity contribution in [1.29, 1.82) is 0 Å². The average Bonchev–Trinajstić information content (AvgIpc) is 2.72. The predicted octanol–water partition coefficient (Wildman–Crippen LogP) is 3.53. The number of para-hydroxylation sites is 1. The van der Waals surface area contributed by atoms with E-state index in [9.17, 15) is 31.5 Å². The summed E-state index contributed by atoms with van der Waals surface area (Å²) in [5.74, 6) is -0.0847. The quantitative estimate of drug-likeness (QED) is 0.716. The molecule has 11 heteroatoms. The van der Waals surface area contributed by atoms with Crippen LogP contribution in [0.5, 0.6) is 5.75 Å². The third-order valence-corrected chi connectivity index (χ3v) is 7.30. The van der Waals surface area contributed by atoms with Gasteiger partial charge in [-0.25, -0.2) is 8.42 Å². The van der Waals surface area contributed by atoms with Gasteiger partial charge in [0.15, 0.2) is 0 Å². The Bertz CT molecular complexity index is 1070. The molecule has 1 N–H and O–H groups in total. The minimum absolute atomic E-state index is 0.0331. The van der Waals surface area contributed by atoms with Crippen LogP contribution >= 0.6 is 11.6 Å². The molecule has 1 saturated heterocycles. The maximum Gasteiger partial charge on any atom is 0.417 e. The van der Waals surface area contributed by atoms with Gasteiger partial charge in [0.1, 0.15) is 5.75 Å². The van der Waals surface area contributed by atoms with E-state index in [1.807, 2.05) is 0 Å². The number of halogens is 4. The first-order valence-electron chi connectivity index (χ1n) is 9.41. The first kappa shape index (κ1) is 23.4. The van der Waals surface area contributed by atoms with Gasteiger partial charge in [0.2, 0.25) is 15.9 Å². The molecule has 1 fully saturated rings. The summed E-state index contributed by atoms with van der Waals surface area (Å²) in [6.45, 7) is 0.181. The number of piperazine rings is 1. The van der Waals surface area contributed by atoms with E-state index in [1.165, 1.54) is 11.0 Å². The summed E-state index contributed by atoms with van der Waals surface area (Å²) in [7, 11) is -4.17. The lowest BCUT2D eigenvalue weighted by Crippen LogP contribution is -2.50. The van der Waals surface area contributed by atoms with Gasteiger partial charge in [-0.1, -0.05) is 29.8 Å². The smallest absolute Gasteiger partial charge is 0.417 e. The molecule has 0 aromatic heterocycles. The Morgan fingerprint density at radius 1 is 1.06 bits per heavy atom. The summed E-state index contributed by atoms with van der Waals surface area (Å²) in [5.41, 5.74) is -0.575. The van der Waals surface area contributed by atoms with Crippen molar-refractivity contribution in [3.05, 3.63) is 58.6 Å². The van der Waals surface area contributed by atoms with E-state index in [0.717, 1.165) is 16.4 Å². The number of hydrogen-bond acceptors (Lipinski definition) is 4. The molecule has 1 amide bonds. The van der Waals surface area contributed by atoms with Crippen LogP contribution in [-0.4, -0.2) is 54.8 Å². The van der Waals surface area contributed by atoms with Gasteiger partial charge < -0.3 is 10.0 Å². The number of phenols is 1. The van der Waals surface area contributed by atoms with Crippen molar-refractivity contribution in [3.8, 4) is 5.75 Å². The van der Waals surface area contributed by atoms with Gasteiger partial charge in [-0.15, -0.1) is 0 Å². The molecule has 1 aliphatic heterocycles. The van der Waals surface area contributed by atoms with Gasteiger partial charge in [-0.05, 0) is 36.2 Å². The highest BCUT2D eigenvalue weighted by molar-refractivity contribution is 7.89. The third-order valence-electron chi connectivity index (χ3n) is 5.07. The molecule has 1 aliphatic rings. The Hall–Kier alpha value is -2.30.